The van der Waals surface area contributed by atoms with Crippen LogP contribution in [0.3, 0.4) is 0 Å². The molecule has 188 valence electrons. The van der Waals surface area contributed by atoms with Crippen LogP contribution in [0.2, 0.25) is 0 Å². The van der Waals surface area contributed by atoms with E-state index >= 15 is 0 Å². The molecule has 1 N–H and O–H groups in total. The van der Waals surface area contributed by atoms with E-state index in [1.807, 2.05) is 43.3 Å². The van der Waals surface area contributed by atoms with E-state index in [4.69, 9.17) is 9.47 Å². The fraction of sp³-hybridized carbons (Fsp3) is 0.129. The molecule has 1 amide bonds. The zero-order valence-electron chi connectivity index (χ0n) is 20.6. The van der Waals surface area contributed by atoms with Crippen molar-refractivity contribution < 1.29 is 24.2 Å². The van der Waals surface area contributed by atoms with Crippen molar-refractivity contribution in [1.82, 2.24) is 4.98 Å². The van der Waals surface area contributed by atoms with Crippen LogP contribution in [0.15, 0.2) is 103 Å². The van der Waals surface area contributed by atoms with Crippen LogP contribution in [0.5, 0.6) is 17.2 Å². The highest BCUT2D eigenvalue weighted by Gasteiger charge is 2.47. The lowest BCUT2D eigenvalue weighted by Crippen LogP contribution is -2.30. The Morgan fingerprint density at radius 1 is 0.947 bits per heavy atom. The molecule has 2 atom stereocenters. The van der Waals surface area contributed by atoms with E-state index in [-0.39, 0.29) is 17.4 Å². The number of hydrogen-bond acceptors (Lipinski definition) is 6. The maximum atomic E-state index is 13.5. The summed E-state index contributed by atoms with van der Waals surface area (Å²) in [5.41, 5.74) is 1.98. The zero-order chi connectivity index (χ0) is 26.2. The van der Waals surface area contributed by atoms with Gasteiger partial charge in [0.05, 0.1) is 11.6 Å². The lowest BCUT2D eigenvalue weighted by atomic mass is 9.94. The number of rotatable bonds is 5. The molecule has 3 heterocycles. The third-order valence-corrected chi connectivity index (χ3v) is 6.66. The van der Waals surface area contributed by atoms with Crippen molar-refractivity contribution in [3.05, 3.63) is 119 Å². The molecule has 3 aromatic carbocycles. The average molecular weight is 505 g/mol. The molecule has 0 bridgehead atoms. The predicted octanol–water partition coefficient (Wildman–Crippen LogP) is 5.82. The van der Waals surface area contributed by atoms with Gasteiger partial charge >= 0.3 is 5.91 Å². The highest BCUT2D eigenvalue weighted by atomic mass is 16.5. The molecule has 0 saturated carbocycles. The topological polar surface area (TPSA) is 89.0 Å². The Labute approximate surface area is 219 Å². The van der Waals surface area contributed by atoms with E-state index in [1.165, 1.54) is 4.90 Å². The van der Waals surface area contributed by atoms with Crippen molar-refractivity contribution in [2.75, 3.05) is 4.90 Å². The number of aromatic nitrogens is 1. The van der Waals surface area contributed by atoms with Crippen LogP contribution in [0, 0.1) is 0 Å². The Bertz CT molecular complexity index is 1570. The number of benzene rings is 3. The summed E-state index contributed by atoms with van der Waals surface area (Å²) in [5.74, 6) is 0.459. The quantitative estimate of drug-likeness (QED) is 0.209. The minimum Gasteiger partial charge on any atom is -0.507 e. The van der Waals surface area contributed by atoms with Crippen LogP contribution in [-0.4, -0.2) is 27.9 Å². The first kappa shape index (κ1) is 23.5. The number of pyridine rings is 1. The molecular formula is C31H24N2O5. The number of amides is 1. The number of ether oxygens (including phenoxy) is 2. The predicted molar refractivity (Wildman–Crippen MR) is 142 cm³/mol. The standard InChI is InChI=1S/C31H24N2O5/c1-19-16-22-17-21(13-14-25(22)37-19)29(34)27-28(33(31(36)30(27)35)26-12-5-6-15-32-26)20-8-7-11-24(18-20)38-23-9-3-2-4-10-23/h2-15,17-19,28,34H,16H2,1H3. The average Bonchev–Trinajstić information content (AvgIpc) is 3.44. The van der Waals surface area contributed by atoms with Crippen molar-refractivity contribution in [2.45, 2.75) is 25.5 Å². The molecule has 6 rings (SSSR count). The first-order valence-electron chi connectivity index (χ1n) is 12.3. The van der Waals surface area contributed by atoms with Gasteiger partial charge in [0.15, 0.2) is 0 Å². The number of para-hydroxylation sites is 1. The summed E-state index contributed by atoms with van der Waals surface area (Å²) >= 11 is 0. The highest BCUT2D eigenvalue weighted by molar-refractivity contribution is 6.51. The number of aliphatic hydroxyl groups is 1. The van der Waals surface area contributed by atoms with E-state index in [2.05, 4.69) is 4.98 Å². The summed E-state index contributed by atoms with van der Waals surface area (Å²) < 4.78 is 11.8. The van der Waals surface area contributed by atoms with Crippen LogP contribution < -0.4 is 14.4 Å². The molecule has 2 unspecified atom stereocenters. The van der Waals surface area contributed by atoms with Gasteiger partial charge in [-0.15, -0.1) is 0 Å². The summed E-state index contributed by atoms with van der Waals surface area (Å²) in [7, 11) is 0. The second-order valence-electron chi connectivity index (χ2n) is 9.30. The smallest absolute Gasteiger partial charge is 0.301 e. The normalized spacial score (nSPS) is 19.8. The van der Waals surface area contributed by atoms with Crippen LogP contribution in [0.4, 0.5) is 5.82 Å². The van der Waals surface area contributed by atoms with Crippen molar-refractivity contribution in [1.29, 1.82) is 0 Å². The van der Waals surface area contributed by atoms with Gasteiger partial charge in [-0.1, -0.05) is 36.4 Å². The second-order valence-corrected chi connectivity index (χ2v) is 9.30. The zero-order valence-corrected chi connectivity index (χ0v) is 20.6. The summed E-state index contributed by atoms with van der Waals surface area (Å²) in [6, 6.07) is 26.0. The Kier molecular flexibility index (Phi) is 5.88. The first-order valence-corrected chi connectivity index (χ1v) is 12.3. The van der Waals surface area contributed by atoms with Crippen molar-refractivity contribution in [2.24, 2.45) is 0 Å². The monoisotopic (exact) mass is 504 g/mol. The fourth-order valence-electron chi connectivity index (χ4n) is 4.98. The molecule has 7 heteroatoms. The molecule has 1 saturated heterocycles. The number of anilines is 1. The fourth-order valence-corrected chi connectivity index (χ4v) is 4.98. The SMILES string of the molecule is CC1Cc2cc(C(O)=C3C(=O)C(=O)N(c4ccccn4)C3c3cccc(Oc4ccccc4)c3)ccc2O1. The maximum Gasteiger partial charge on any atom is 0.301 e. The summed E-state index contributed by atoms with van der Waals surface area (Å²) in [4.78, 5) is 32.5. The molecule has 0 spiro atoms. The molecule has 2 aliphatic heterocycles. The van der Waals surface area contributed by atoms with Crippen LogP contribution >= 0.6 is 0 Å². The van der Waals surface area contributed by atoms with Gasteiger partial charge in [0.2, 0.25) is 0 Å². The third-order valence-electron chi connectivity index (χ3n) is 6.66. The van der Waals surface area contributed by atoms with Crippen LogP contribution in [0.25, 0.3) is 5.76 Å². The van der Waals surface area contributed by atoms with Gasteiger partial charge in [-0.3, -0.25) is 14.5 Å². The number of ketones is 1. The number of fused-ring (bicyclic) bond motifs is 1. The summed E-state index contributed by atoms with van der Waals surface area (Å²) in [6.07, 6.45) is 2.29. The maximum absolute atomic E-state index is 13.5. The minimum atomic E-state index is -0.910. The minimum absolute atomic E-state index is 0.00979. The van der Waals surface area contributed by atoms with Crippen molar-refractivity contribution in [3.63, 3.8) is 0 Å². The van der Waals surface area contributed by atoms with Gasteiger partial charge in [-0.05, 0) is 72.6 Å². The van der Waals surface area contributed by atoms with E-state index in [0.29, 0.717) is 34.9 Å². The van der Waals surface area contributed by atoms with E-state index in [1.54, 1.807) is 60.8 Å². The molecule has 38 heavy (non-hydrogen) atoms. The molecule has 0 radical (unpaired) electrons. The molecule has 4 aromatic rings. The molecule has 7 nitrogen and oxygen atoms in total. The number of hydrogen-bond donors (Lipinski definition) is 1. The Morgan fingerprint density at radius 2 is 1.74 bits per heavy atom. The van der Waals surface area contributed by atoms with Gasteiger partial charge in [-0.2, -0.15) is 0 Å². The summed E-state index contributed by atoms with van der Waals surface area (Å²) in [5, 5.41) is 11.5. The van der Waals surface area contributed by atoms with Gasteiger partial charge in [0.25, 0.3) is 5.78 Å². The van der Waals surface area contributed by atoms with E-state index in [0.717, 1.165) is 11.3 Å². The van der Waals surface area contributed by atoms with Crippen molar-refractivity contribution >= 4 is 23.3 Å². The third kappa shape index (κ3) is 4.18. The Morgan fingerprint density at radius 3 is 2.53 bits per heavy atom. The van der Waals surface area contributed by atoms with E-state index < -0.39 is 17.7 Å². The Balaban J connectivity index is 1.48. The van der Waals surface area contributed by atoms with Gasteiger partial charge in [0.1, 0.15) is 34.9 Å². The van der Waals surface area contributed by atoms with E-state index in [9.17, 15) is 14.7 Å². The first-order chi connectivity index (χ1) is 18.5. The van der Waals surface area contributed by atoms with Crippen LogP contribution in [0.1, 0.15) is 29.7 Å². The lowest BCUT2D eigenvalue weighted by Gasteiger charge is -2.24. The van der Waals surface area contributed by atoms with Gasteiger partial charge < -0.3 is 14.6 Å². The Hall–Kier alpha value is -4.91. The molecule has 1 fully saturated rings. The molecular weight excluding hydrogens is 480 g/mol. The number of carbonyl (C=O) groups is 2. The summed E-state index contributed by atoms with van der Waals surface area (Å²) in [6.45, 7) is 1.97. The molecule has 0 aliphatic carbocycles. The number of aliphatic hydroxyl groups excluding tert-OH is 1. The molecule has 1 aromatic heterocycles. The number of Topliss-reactive ketones (excluding diaryl/α,β-unsaturated/α-hetero) is 1. The number of carbonyl (C=O) groups excluding carboxylic acids is 2. The highest BCUT2D eigenvalue weighted by Crippen LogP contribution is 2.43. The second kappa shape index (κ2) is 9.52. The number of nitrogens with zero attached hydrogens (tertiary/aromatic N) is 2. The van der Waals surface area contributed by atoms with Crippen LogP contribution in [-0.2, 0) is 16.0 Å². The molecule has 2 aliphatic rings. The lowest BCUT2D eigenvalue weighted by molar-refractivity contribution is -0.132. The van der Waals surface area contributed by atoms with Gasteiger partial charge in [-0.25, -0.2) is 4.98 Å². The largest absolute Gasteiger partial charge is 0.507 e. The van der Waals surface area contributed by atoms with Crippen molar-refractivity contribution in [3.8, 4) is 17.2 Å². The van der Waals surface area contributed by atoms with Gasteiger partial charge in [0, 0.05) is 18.2 Å².